The van der Waals surface area contributed by atoms with E-state index in [1.165, 1.54) is 12.1 Å². The van der Waals surface area contributed by atoms with E-state index in [0.717, 1.165) is 45.8 Å². The van der Waals surface area contributed by atoms with E-state index in [0.29, 0.717) is 32.8 Å². The number of benzene rings is 4. The van der Waals surface area contributed by atoms with Crippen LogP contribution in [0.4, 0.5) is 22.7 Å². The van der Waals surface area contributed by atoms with Crippen LogP contribution in [0.3, 0.4) is 0 Å². The molecule has 0 spiro atoms. The third-order valence-electron chi connectivity index (χ3n) is 7.45. The smallest absolute Gasteiger partial charge is 0.506 e. The number of sulfonamides is 2. The van der Waals surface area contributed by atoms with Gasteiger partial charge >= 0.3 is 29.6 Å². The second-order valence-corrected chi connectivity index (χ2v) is 16.2. The quantitative estimate of drug-likeness (QED) is 0.0952. The van der Waals surface area contributed by atoms with Crippen molar-refractivity contribution >= 4 is 89.2 Å². The fourth-order valence-electron chi connectivity index (χ4n) is 4.69. The molecular formula is C32H26Cl4CoN10NaO8S2+. The predicted molar refractivity (Wildman–Crippen MR) is 210 cm³/mol. The normalized spacial score (nSPS) is 11.6. The number of aromatic amines is 2. The second-order valence-electron chi connectivity index (χ2n) is 11.4. The summed E-state index contributed by atoms with van der Waals surface area (Å²) in [6, 6.07) is 15.8. The number of primary sulfonamides is 2. The number of hydrogen-bond acceptors (Lipinski definition) is 12. The van der Waals surface area contributed by atoms with Gasteiger partial charge in [-0.3, -0.25) is 19.8 Å². The van der Waals surface area contributed by atoms with Gasteiger partial charge in [0.05, 0.1) is 42.6 Å². The van der Waals surface area contributed by atoms with Gasteiger partial charge in [0.1, 0.15) is 22.9 Å². The van der Waals surface area contributed by atoms with E-state index in [1.807, 2.05) is 0 Å². The summed E-state index contributed by atoms with van der Waals surface area (Å²) < 4.78 is 48.1. The Morgan fingerprint density at radius 3 is 1.26 bits per heavy atom. The summed E-state index contributed by atoms with van der Waals surface area (Å²) in [5.74, 6) is -0.662. The van der Waals surface area contributed by atoms with Crippen LogP contribution in [0.5, 0.6) is 11.5 Å². The van der Waals surface area contributed by atoms with Gasteiger partial charge in [-0.15, -0.1) is 20.5 Å². The molecule has 0 atom stereocenters. The van der Waals surface area contributed by atoms with E-state index >= 15 is 0 Å². The summed E-state index contributed by atoms with van der Waals surface area (Å²) in [5.41, 5.74) is -0.199. The number of phenols is 2. The molecule has 0 unspecified atom stereocenters. The zero-order valence-electron chi connectivity index (χ0n) is 29.8. The molecule has 6 aromatic rings. The Kier molecular flexibility index (Phi) is 16.3. The zero-order chi connectivity index (χ0) is 41.3. The number of hydrogen-bond donors (Lipinski definition) is 6. The first-order valence-electron chi connectivity index (χ1n) is 15.2. The van der Waals surface area contributed by atoms with Crippen LogP contribution in [0, 0.1) is 13.8 Å². The molecule has 0 aliphatic heterocycles. The molecule has 0 amide bonds. The van der Waals surface area contributed by atoms with Gasteiger partial charge in [0, 0.05) is 26.8 Å². The Balaban J connectivity index is 0.000000300. The monoisotopic (exact) mass is 964 g/mol. The molecule has 4 aromatic carbocycles. The molecule has 6 rings (SSSR count). The first-order valence-corrected chi connectivity index (χ1v) is 19.9. The van der Waals surface area contributed by atoms with Crippen molar-refractivity contribution in [3.63, 3.8) is 0 Å². The van der Waals surface area contributed by atoms with E-state index < -0.39 is 31.2 Å². The number of aromatic nitrogens is 4. The van der Waals surface area contributed by atoms with Gasteiger partial charge in [0.2, 0.25) is 20.0 Å². The van der Waals surface area contributed by atoms with Gasteiger partial charge in [-0.05, 0) is 86.6 Å². The molecule has 0 aliphatic carbocycles. The van der Waals surface area contributed by atoms with Gasteiger partial charge in [0.15, 0.2) is 11.4 Å². The number of aromatic hydroxyl groups is 2. The topological polar surface area (TPSA) is 286 Å². The van der Waals surface area contributed by atoms with Crippen molar-refractivity contribution in [2.45, 2.75) is 23.6 Å². The summed E-state index contributed by atoms with van der Waals surface area (Å²) in [5, 5.41) is 52.1. The molecule has 0 aliphatic rings. The number of nitrogens with zero attached hydrogens (tertiary/aromatic N) is 6. The molecule has 8 N–H and O–H groups in total. The fourth-order valence-corrected chi connectivity index (χ4v) is 6.50. The van der Waals surface area contributed by atoms with Crippen molar-refractivity contribution in [1.82, 2.24) is 19.6 Å². The van der Waals surface area contributed by atoms with Crippen LogP contribution >= 0.6 is 46.4 Å². The van der Waals surface area contributed by atoms with Gasteiger partial charge in [0.25, 0.3) is 11.1 Å². The average Bonchev–Trinajstić information content (AvgIpc) is 3.56. The summed E-state index contributed by atoms with van der Waals surface area (Å²) in [7, 11) is -7.99. The standard InChI is InChI=1S/2C16H13Cl2N5O4S.Co.Na/c2*1-8-15(16(25)23(22-8)13-6-9(17)2-4-11(13)18)21-20-12-7-10(28(19,26)27)3-5-14(12)24;;/h2*2-7,22,24H,1H3,(H2,19,26,27);;/q;;;+1. The molecule has 0 bridgehead atoms. The van der Waals surface area contributed by atoms with Crippen molar-refractivity contribution in [3.05, 3.63) is 125 Å². The van der Waals surface area contributed by atoms with Crippen molar-refractivity contribution in [2.75, 3.05) is 0 Å². The number of phenolic OH excluding ortho intramolecular Hbond substituents is 2. The van der Waals surface area contributed by atoms with E-state index in [4.69, 9.17) is 56.7 Å². The van der Waals surface area contributed by atoms with Crippen molar-refractivity contribution in [2.24, 2.45) is 30.7 Å². The molecule has 0 fully saturated rings. The summed E-state index contributed by atoms with van der Waals surface area (Å²) in [4.78, 5) is 24.9. The van der Waals surface area contributed by atoms with E-state index in [9.17, 15) is 36.6 Å². The van der Waals surface area contributed by atoms with Crippen LogP contribution in [0.15, 0.2) is 113 Å². The third kappa shape index (κ3) is 11.3. The SMILES string of the molecule is Cc1[nH]n(-c2cc(Cl)ccc2Cl)c(=O)c1N=Nc1cc(S(N)(=O)=O)ccc1O.Cc1[nH]n(-c2cc(Cl)ccc2Cl)c(=O)c1N=Nc1cc(S(N)(=O)=O)ccc1O.[Co].[Na+]. The minimum atomic E-state index is -3.99. The van der Waals surface area contributed by atoms with Gasteiger partial charge in [-0.1, -0.05) is 46.4 Å². The largest absolute Gasteiger partial charge is 1.00 e. The Morgan fingerprint density at radius 1 is 0.586 bits per heavy atom. The number of rotatable bonds is 8. The Labute approximate surface area is 381 Å². The van der Waals surface area contributed by atoms with Crippen LogP contribution in [0.1, 0.15) is 11.4 Å². The van der Waals surface area contributed by atoms with Crippen molar-refractivity contribution < 1.29 is 73.4 Å². The summed E-state index contributed by atoms with van der Waals surface area (Å²) in [6.45, 7) is 3.18. The molecule has 58 heavy (non-hydrogen) atoms. The van der Waals surface area contributed by atoms with E-state index in [1.54, 1.807) is 38.1 Å². The zero-order valence-corrected chi connectivity index (χ0v) is 37.5. The minimum Gasteiger partial charge on any atom is -0.506 e. The fraction of sp³-hybridized carbons (Fsp3) is 0.0625. The number of aryl methyl sites for hydroxylation is 2. The van der Waals surface area contributed by atoms with E-state index in [2.05, 4.69) is 30.7 Å². The van der Waals surface area contributed by atoms with Crippen LogP contribution in [-0.4, -0.2) is 46.6 Å². The second kappa shape index (κ2) is 19.5. The van der Waals surface area contributed by atoms with Gasteiger partial charge in [-0.2, -0.15) is 0 Å². The molecular weight excluding hydrogens is 940 g/mol. The molecule has 2 heterocycles. The van der Waals surface area contributed by atoms with Crippen molar-refractivity contribution in [3.8, 4) is 22.9 Å². The number of H-pyrrole nitrogens is 2. The predicted octanol–water partition coefficient (Wildman–Crippen LogP) is 4.10. The molecule has 26 heteroatoms. The molecule has 18 nitrogen and oxygen atoms in total. The maximum Gasteiger partial charge on any atom is 1.00 e. The molecule has 301 valence electrons. The number of azo groups is 2. The number of nitrogens with two attached hydrogens (primary N) is 2. The number of halogens is 4. The Morgan fingerprint density at radius 2 is 0.931 bits per heavy atom. The summed E-state index contributed by atoms with van der Waals surface area (Å²) in [6.07, 6.45) is 0. The maximum absolute atomic E-state index is 12.7. The third-order valence-corrected chi connectivity index (χ3v) is 10.4. The Bertz CT molecular complexity index is 2740. The summed E-state index contributed by atoms with van der Waals surface area (Å²) >= 11 is 24.2. The van der Waals surface area contributed by atoms with Crippen molar-refractivity contribution in [1.29, 1.82) is 0 Å². The first-order chi connectivity index (χ1) is 26.1. The molecule has 0 saturated heterocycles. The minimum absolute atomic E-state index is 0. The van der Waals surface area contributed by atoms with Gasteiger partial charge in [-0.25, -0.2) is 36.5 Å². The molecule has 2 aromatic heterocycles. The molecule has 0 saturated carbocycles. The van der Waals surface area contributed by atoms with Gasteiger partial charge < -0.3 is 10.2 Å². The average molecular weight is 966 g/mol. The van der Waals surface area contributed by atoms with Crippen LogP contribution in [0.25, 0.3) is 11.4 Å². The van der Waals surface area contributed by atoms with Crippen LogP contribution < -0.4 is 51.0 Å². The maximum atomic E-state index is 12.7. The van der Waals surface area contributed by atoms with Crippen LogP contribution in [0.2, 0.25) is 20.1 Å². The Hall–Kier alpha value is -3.81. The molecule has 1 radical (unpaired) electrons. The van der Waals surface area contributed by atoms with E-state index in [-0.39, 0.29) is 100 Å². The first kappa shape index (κ1) is 48.6. The van der Waals surface area contributed by atoms with Crippen LogP contribution in [-0.2, 0) is 36.8 Å². The number of nitrogens with one attached hydrogen (secondary N) is 2.